The van der Waals surface area contributed by atoms with Crippen molar-refractivity contribution in [3.63, 3.8) is 0 Å². The lowest BCUT2D eigenvalue weighted by atomic mass is 9.98. The second-order valence-electron chi connectivity index (χ2n) is 6.91. The lowest BCUT2D eigenvalue weighted by Crippen LogP contribution is -2.89. The highest BCUT2D eigenvalue weighted by molar-refractivity contribution is 9.10. The zero-order valence-electron chi connectivity index (χ0n) is 15.8. The first-order valence-corrected chi connectivity index (χ1v) is 10.4. The summed E-state index contributed by atoms with van der Waals surface area (Å²) in [4.78, 5) is 0. The number of ether oxygens (including phenoxy) is 1. The van der Waals surface area contributed by atoms with Crippen LogP contribution in [0.25, 0.3) is 5.70 Å². The summed E-state index contributed by atoms with van der Waals surface area (Å²) in [6.07, 6.45) is 2.09. The maximum atomic E-state index is 10.5. The van der Waals surface area contributed by atoms with E-state index in [0.717, 1.165) is 32.6 Å². The third-order valence-electron chi connectivity index (χ3n) is 5.02. The smallest absolute Gasteiger partial charge is 0.186 e. The van der Waals surface area contributed by atoms with Gasteiger partial charge in [-0.05, 0) is 54.6 Å². The van der Waals surface area contributed by atoms with Gasteiger partial charge < -0.3 is 20.5 Å². The fourth-order valence-corrected chi connectivity index (χ4v) is 4.03. The van der Waals surface area contributed by atoms with Crippen molar-refractivity contribution in [2.75, 3.05) is 7.11 Å². The second kappa shape index (κ2) is 8.49. The van der Waals surface area contributed by atoms with Crippen LogP contribution in [0.15, 0.2) is 77.3 Å². The van der Waals surface area contributed by atoms with Gasteiger partial charge in [-0.2, -0.15) is 0 Å². The van der Waals surface area contributed by atoms with Crippen LogP contribution in [-0.2, 0) is 0 Å². The maximum absolute atomic E-state index is 10.5. The predicted octanol–water partition coefficient (Wildman–Crippen LogP) is 4.76. The molecule has 0 spiro atoms. The molecule has 4 N–H and O–H groups in total. The van der Waals surface area contributed by atoms with Crippen molar-refractivity contribution in [2.45, 2.75) is 12.2 Å². The molecule has 3 aromatic carbocycles. The molecule has 0 fully saturated rings. The van der Waals surface area contributed by atoms with Gasteiger partial charge in [0.15, 0.2) is 6.17 Å². The number of benzene rings is 3. The summed E-state index contributed by atoms with van der Waals surface area (Å²) in [5.74, 6) is 1.07. The van der Waals surface area contributed by atoms with Gasteiger partial charge in [0.2, 0.25) is 0 Å². The van der Waals surface area contributed by atoms with Gasteiger partial charge >= 0.3 is 0 Å². The maximum Gasteiger partial charge on any atom is 0.186 e. The number of halogens is 2. The molecule has 148 valence electrons. The zero-order chi connectivity index (χ0) is 20.4. The number of phenolic OH excluding ortho intramolecular Hbond substituents is 1. The Labute approximate surface area is 183 Å². The van der Waals surface area contributed by atoms with Crippen molar-refractivity contribution in [3.8, 4) is 11.5 Å². The Kier molecular flexibility index (Phi) is 5.81. The van der Waals surface area contributed by atoms with Crippen LogP contribution >= 0.6 is 27.5 Å². The van der Waals surface area contributed by atoms with Gasteiger partial charge in [-0.25, -0.2) is 0 Å². The van der Waals surface area contributed by atoms with E-state index in [9.17, 15) is 5.11 Å². The first-order chi connectivity index (χ1) is 14.0. The quantitative estimate of drug-likeness (QED) is 0.513. The number of nitrogens with one attached hydrogen (secondary N) is 1. The molecule has 0 saturated carbocycles. The molecule has 0 radical (unpaired) electrons. The van der Waals surface area contributed by atoms with Crippen LogP contribution in [0.2, 0.25) is 5.02 Å². The predicted molar refractivity (Wildman–Crippen MR) is 119 cm³/mol. The highest BCUT2D eigenvalue weighted by Gasteiger charge is 2.29. The summed E-state index contributed by atoms with van der Waals surface area (Å²) in [5, 5.41) is 17.0. The van der Waals surface area contributed by atoms with Gasteiger partial charge in [0.25, 0.3) is 0 Å². The van der Waals surface area contributed by atoms with Crippen LogP contribution in [0.5, 0.6) is 11.5 Å². The summed E-state index contributed by atoms with van der Waals surface area (Å²) < 4.78 is 6.32. The van der Waals surface area contributed by atoms with E-state index in [2.05, 4.69) is 32.6 Å². The third-order valence-corrected chi connectivity index (χ3v) is 5.76. The SMILES string of the molecule is COc1cccc(C2=CC(c3cc(Br)ccc3O)[NH2+]C(c3ccc(Cl)cc3)N2)c1. The lowest BCUT2D eigenvalue weighted by Gasteiger charge is -2.30. The lowest BCUT2D eigenvalue weighted by molar-refractivity contribution is -0.731. The normalized spacial score (nSPS) is 18.7. The Hall–Kier alpha value is -2.47. The summed E-state index contributed by atoms with van der Waals surface area (Å²) in [7, 11) is 1.66. The molecule has 3 aromatic rings. The minimum absolute atomic E-state index is 0.0400. The molecule has 6 heteroatoms. The molecule has 29 heavy (non-hydrogen) atoms. The van der Waals surface area contributed by atoms with Crippen LogP contribution in [0, 0.1) is 0 Å². The molecule has 4 nitrogen and oxygen atoms in total. The number of aromatic hydroxyl groups is 1. The Morgan fingerprint density at radius 2 is 1.86 bits per heavy atom. The van der Waals surface area contributed by atoms with Gasteiger partial charge in [-0.1, -0.05) is 39.7 Å². The topological polar surface area (TPSA) is 58.1 Å². The number of hydrogen-bond acceptors (Lipinski definition) is 3. The van der Waals surface area contributed by atoms with Crippen molar-refractivity contribution in [2.24, 2.45) is 0 Å². The van der Waals surface area contributed by atoms with E-state index < -0.39 is 0 Å². The number of hydrogen-bond donors (Lipinski definition) is 3. The van der Waals surface area contributed by atoms with Gasteiger partial charge in [-0.15, -0.1) is 0 Å². The molecule has 1 heterocycles. The number of rotatable bonds is 4. The molecule has 0 amide bonds. The summed E-state index contributed by atoms with van der Waals surface area (Å²) >= 11 is 9.59. The second-order valence-corrected chi connectivity index (χ2v) is 8.26. The molecule has 0 aromatic heterocycles. The van der Waals surface area contributed by atoms with Crippen molar-refractivity contribution < 1.29 is 15.2 Å². The Morgan fingerprint density at radius 3 is 2.62 bits per heavy atom. The Bertz CT molecular complexity index is 1050. The van der Waals surface area contributed by atoms with E-state index in [1.165, 1.54) is 0 Å². The van der Waals surface area contributed by atoms with Gasteiger partial charge in [0.05, 0.1) is 12.7 Å². The molecular formula is C23H21BrClN2O2+. The average Bonchev–Trinajstić information content (AvgIpc) is 2.75. The van der Waals surface area contributed by atoms with Gasteiger partial charge in [0.1, 0.15) is 17.5 Å². The fraction of sp³-hybridized carbons (Fsp3) is 0.130. The first kappa shape index (κ1) is 19.8. The standard InChI is InChI=1S/C23H20BrClN2O2/c1-29-18-4-2-3-15(11-18)20-13-21(19-12-16(24)7-10-22(19)28)27-23(26-20)14-5-8-17(25)9-6-14/h2-13,21,23,26-28H,1H3/p+1. The van der Waals surface area contributed by atoms with E-state index >= 15 is 0 Å². The fourth-order valence-electron chi connectivity index (χ4n) is 3.53. The Balaban J connectivity index is 1.78. The highest BCUT2D eigenvalue weighted by atomic mass is 79.9. The van der Waals surface area contributed by atoms with E-state index in [1.54, 1.807) is 13.2 Å². The van der Waals surface area contributed by atoms with Crippen molar-refractivity contribution >= 4 is 33.2 Å². The van der Waals surface area contributed by atoms with Crippen LogP contribution in [-0.4, -0.2) is 12.2 Å². The first-order valence-electron chi connectivity index (χ1n) is 9.25. The molecule has 0 aliphatic carbocycles. The Morgan fingerprint density at radius 1 is 1.07 bits per heavy atom. The minimum Gasteiger partial charge on any atom is -0.507 e. The van der Waals surface area contributed by atoms with E-state index in [-0.39, 0.29) is 18.0 Å². The summed E-state index contributed by atoms with van der Waals surface area (Å²) in [6, 6.07) is 21.2. The monoisotopic (exact) mass is 471 g/mol. The van der Waals surface area contributed by atoms with E-state index in [1.807, 2.05) is 60.7 Å². The number of nitrogens with two attached hydrogens (primary N) is 1. The minimum atomic E-state index is -0.0735. The number of methoxy groups -OCH3 is 1. The van der Waals surface area contributed by atoms with Crippen molar-refractivity contribution in [3.05, 3.63) is 99.0 Å². The third kappa shape index (κ3) is 4.42. The van der Waals surface area contributed by atoms with E-state index in [0.29, 0.717) is 5.02 Å². The molecule has 1 aliphatic heterocycles. The van der Waals surface area contributed by atoms with E-state index in [4.69, 9.17) is 16.3 Å². The van der Waals surface area contributed by atoms with Crippen LogP contribution < -0.4 is 15.4 Å². The number of phenols is 1. The number of quaternary nitrogens is 1. The average molecular weight is 473 g/mol. The summed E-state index contributed by atoms with van der Waals surface area (Å²) in [6.45, 7) is 0. The molecular weight excluding hydrogens is 452 g/mol. The van der Waals surface area contributed by atoms with Crippen molar-refractivity contribution in [1.29, 1.82) is 0 Å². The molecule has 0 saturated heterocycles. The van der Waals surface area contributed by atoms with Gasteiger partial charge in [0, 0.05) is 32.4 Å². The van der Waals surface area contributed by atoms with Gasteiger partial charge in [-0.3, -0.25) is 0 Å². The molecule has 2 atom stereocenters. The molecule has 0 bridgehead atoms. The van der Waals surface area contributed by atoms with Crippen molar-refractivity contribution in [1.82, 2.24) is 5.32 Å². The van der Waals surface area contributed by atoms with Crippen LogP contribution in [0.1, 0.15) is 28.9 Å². The molecule has 2 unspecified atom stereocenters. The largest absolute Gasteiger partial charge is 0.507 e. The van der Waals surface area contributed by atoms with Crippen LogP contribution in [0.3, 0.4) is 0 Å². The molecule has 4 rings (SSSR count). The zero-order valence-corrected chi connectivity index (χ0v) is 18.1. The molecule has 1 aliphatic rings. The summed E-state index contributed by atoms with van der Waals surface area (Å²) in [5.41, 5.74) is 3.95. The highest BCUT2D eigenvalue weighted by Crippen LogP contribution is 2.31. The van der Waals surface area contributed by atoms with Crippen LogP contribution in [0.4, 0.5) is 0 Å².